The second-order valence-corrected chi connectivity index (χ2v) is 8.45. The summed E-state index contributed by atoms with van der Waals surface area (Å²) >= 11 is 7.22. The fourth-order valence-electron chi connectivity index (χ4n) is 3.38. The Kier molecular flexibility index (Phi) is 6.06. The van der Waals surface area contributed by atoms with Crippen LogP contribution in [0.1, 0.15) is 43.9 Å². The number of hydrogen-bond acceptors (Lipinski definition) is 5. The molecule has 6 nitrogen and oxygen atoms in total. The predicted molar refractivity (Wildman–Crippen MR) is 114 cm³/mol. The van der Waals surface area contributed by atoms with E-state index in [2.05, 4.69) is 15.5 Å². The van der Waals surface area contributed by atoms with E-state index in [0.29, 0.717) is 29.4 Å². The molecule has 1 aliphatic heterocycles. The Morgan fingerprint density at radius 2 is 1.97 bits per heavy atom. The maximum absolute atomic E-state index is 13.0. The number of halogens is 2. The van der Waals surface area contributed by atoms with Crippen LogP contribution in [0.3, 0.4) is 0 Å². The van der Waals surface area contributed by atoms with Crippen molar-refractivity contribution in [1.29, 1.82) is 0 Å². The van der Waals surface area contributed by atoms with E-state index in [1.165, 1.54) is 35.6 Å². The van der Waals surface area contributed by atoms with Crippen LogP contribution in [0, 0.1) is 5.82 Å². The highest BCUT2D eigenvalue weighted by Gasteiger charge is 2.28. The van der Waals surface area contributed by atoms with Crippen LogP contribution in [0.25, 0.3) is 0 Å². The molecule has 0 unspecified atom stereocenters. The number of nitrogens with zero attached hydrogens (tertiary/aromatic N) is 3. The van der Waals surface area contributed by atoms with E-state index in [1.54, 1.807) is 29.2 Å². The molecule has 2 amide bonds. The van der Waals surface area contributed by atoms with Gasteiger partial charge in [-0.1, -0.05) is 29.0 Å². The van der Waals surface area contributed by atoms with Crippen LogP contribution in [0.15, 0.2) is 48.5 Å². The van der Waals surface area contributed by atoms with Crippen molar-refractivity contribution in [3.63, 3.8) is 0 Å². The first-order chi connectivity index (χ1) is 14.5. The third-order valence-corrected chi connectivity index (χ3v) is 6.19. The molecular weight excluding hydrogens is 427 g/mol. The van der Waals surface area contributed by atoms with E-state index in [0.717, 1.165) is 17.8 Å². The van der Waals surface area contributed by atoms with Gasteiger partial charge in [0, 0.05) is 35.3 Å². The van der Waals surface area contributed by atoms with E-state index in [9.17, 15) is 14.0 Å². The Labute approximate surface area is 181 Å². The number of carbonyl (C=O) groups excluding carboxylic acids is 2. The predicted octanol–water partition coefficient (Wildman–Crippen LogP) is 4.60. The van der Waals surface area contributed by atoms with Crippen molar-refractivity contribution in [2.24, 2.45) is 0 Å². The maximum Gasteiger partial charge on any atom is 0.286 e. The van der Waals surface area contributed by atoms with Crippen molar-refractivity contribution < 1.29 is 14.0 Å². The van der Waals surface area contributed by atoms with Gasteiger partial charge in [0.15, 0.2) is 0 Å². The van der Waals surface area contributed by atoms with Crippen LogP contribution >= 0.6 is 22.9 Å². The number of benzene rings is 2. The minimum absolute atomic E-state index is 0.0201. The van der Waals surface area contributed by atoms with E-state index >= 15 is 0 Å². The van der Waals surface area contributed by atoms with Gasteiger partial charge in [0.1, 0.15) is 10.8 Å². The number of aromatic nitrogens is 2. The molecule has 30 heavy (non-hydrogen) atoms. The summed E-state index contributed by atoms with van der Waals surface area (Å²) in [7, 11) is 0. The molecule has 154 valence electrons. The van der Waals surface area contributed by atoms with Gasteiger partial charge in [-0.05, 0) is 55.3 Å². The molecule has 2 heterocycles. The van der Waals surface area contributed by atoms with Crippen LogP contribution < -0.4 is 5.32 Å². The van der Waals surface area contributed by atoms with Gasteiger partial charge in [-0.25, -0.2) is 4.39 Å². The number of piperidine rings is 1. The van der Waals surface area contributed by atoms with E-state index in [1.807, 2.05) is 0 Å². The molecule has 1 atom stereocenters. The van der Waals surface area contributed by atoms with Crippen molar-refractivity contribution in [1.82, 2.24) is 15.1 Å². The second kappa shape index (κ2) is 8.89. The van der Waals surface area contributed by atoms with Crippen molar-refractivity contribution in [3.8, 4) is 0 Å². The normalized spacial score (nSPS) is 16.3. The highest BCUT2D eigenvalue weighted by Crippen LogP contribution is 2.30. The Balaban J connectivity index is 1.43. The van der Waals surface area contributed by atoms with Gasteiger partial charge in [-0.15, -0.1) is 10.2 Å². The van der Waals surface area contributed by atoms with Crippen LogP contribution in [-0.4, -0.2) is 40.0 Å². The summed E-state index contributed by atoms with van der Waals surface area (Å²) in [5, 5.41) is 12.4. The molecule has 9 heteroatoms. The van der Waals surface area contributed by atoms with Gasteiger partial charge in [-0.3, -0.25) is 9.59 Å². The number of likely N-dealkylation sites (tertiary alicyclic amines) is 1. The SMILES string of the molecule is O=C(Nc1ccc(F)cc1)c1nnc([C@@H]2CCCN(C(=O)c3cccc(Cl)c3)C2)s1. The Morgan fingerprint density at radius 1 is 1.17 bits per heavy atom. The van der Waals surface area contributed by atoms with Gasteiger partial charge in [0.05, 0.1) is 0 Å². The van der Waals surface area contributed by atoms with E-state index < -0.39 is 5.91 Å². The summed E-state index contributed by atoms with van der Waals surface area (Å²) in [5.41, 5.74) is 1.04. The van der Waals surface area contributed by atoms with Gasteiger partial charge in [0.25, 0.3) is 11.8 Å². The van der Waals surface area contributed by atoms with Crippen LogP contribution in [0.5, 0.6) is 0 Å². The minimum Gasteiger partial charge on any atom is -0.338 e. The average Bonchev–Trinajstić information content (AvgIpc) is 3.25. The zero-order valence-corrected chi connectivity index (χ0v) is 17.4. The first kappa shape index (κ1) is 20.4. The molecule has 0 saturated carbocycles. The number of rotatable bonds is 4. The quantitative estimate of drug-likeness (QED) is 0.638. The van der Waals surface area contributed by atoms with Gasteiger partial charge < -0.3 is 10.2 Å². The van der Waals surface area contributed by atoms with Gasteiger partial charge in [0.2, 0.25) is 5.01 Å². The third-order valence-electron chi connectivity index (χ3n) is 4.87. The lowest BCUT2D eigenvalue weighted by Crippen LogP contribution is -2.39. The van der Waals surface area contributed by atoms with Crippen molar-refractivity contribution in [2.45, 2.75) is 18.8 Å². The number of carbonyl (C=O) groups is 2. The molecule has 1 fully saturated rings. The van der Waals surface area contributed by atoms with Gasteiger partial charge >= 0.3 is 0 Å². The standard InChI is InChI=1S/C21H18ClFN4O2S/c22-15-5-1-3-13(11-15)21(29)27-10-2-4-14(12-27)19-25-26-20(30-19)18(28)24-17-8-6-16(23)7-9-17/h1,3,5-9,11,14H,2,4,10,12H2,(H,24,28)/t14-/m1/s1. The lowest BCUT2D eigenvalue weighted by molar-refractivity contribution is 0.0706. The molecule has 0 aliphatic carbocycles. The van der Waals surface area contributed by atoms with Crippen molar-refractivity contribution in [3.05, 3.63) is 74.9 Å². The van der Waals surface area contributed by atoms with Crippen LogP contribution in [0.4, 0.5) is 10.1 Å². The summed E-state index contributed by atoms with van der Waals surface area (Å²) in [6, 6.07) is 12.4. The summed E-state index contributed by atoms with van der Waals surface area (Å²) in [6.45, 7) is 1.18. The molecule has 3 aromatic rings. The summed E-state index contributed by atoms with van der Waals surface area (Å²) in [5.74, 6) is -0.818. The minimum atomic E-state index is -0.395. The Morgan fingerprint density at radius 3 is 2.73 bits per heavy atom. The fraction of sp³-hybridized carbons (Fsp3) is 0.238. The summed E-state index contributed by atoms with van der Waals surface area (Å²) < 4.78 is 13.0. The molecule has 0 bridgehead atoms. The van der Waals surface area contributed by atoms with Crippen LogP contribution in [-0.2, 0) is 0 Å². The van der Waals surface area contributed by atoms with E-state index in [4.69, 9.17) is 11.6 Å². The average molecular weight is 445 g/mol. The maximum atomic E-state index is 13.0. The highest BCUT2D eigenvalue weighted by atomic mass is 35.5. The topological polar surface area (TPSA) is 75.2 Å². The number of hydrogen-bond donors (Lipinski definition) is 1. The molecule has 1 aliphatic rings. The zero-order valence-electron chi connectivity index (χ0n) is 15.8. The first-order valence-electron chi connectivity index (χ1n) is 9.45. The summed E-state index contributed by atoms with van der Waals surface area (Å²) in [4.78, 5) is 27.0. The third kappa shape index (κ3) is 4.66. The fourth-order valence-corrected chi connectivity index (χ4v) is 4.43. The Bertz CT molecular complexity index is 1070. The molecule has 2 aromatic carbocycles. The van der Waals surface area contributed by atoms with Crippen molar-refractivity contribution >= 4 is 40.4 Å². The molecular formula is C21H18ClFN4O2S. The van der Waals surface area contributed by atoms with Crippen LogP contribution in [0.2, 0.25) is 5.02 Å². The lowest BCUT2D eigenvalue weighted by atomic mass is 9.98. The number of amides is 2. The molecule has 4 rings (SSSR count). The first-order valence-corrected chi connectivity index (χ1v) is 10.6. The highest BCUT2D eigenvalue weighted by molar-refractivity contribution is 7.13. The molecule has 0 spiro atoms. The molecule has 1 N–H and O–H groups in total. The smallest absolute Gasteiger partial charge is 0.286 e. The zero-order chi connectivity index (χ0) is 21.1. The number of anilines is 1. The monoisotopic (exact) mass is 444 g/mol. The largest absolute Gasteiger partial charge is 0.338 e. The molecule has 1 saturated heterocycles. The number of nitrogens with one attached hydrogen (secondary N) is 1. The lowest BCUT2D eigenvalue weighted by Gasteiger charge is -2.31. The van der Waals surface area contributed by atoms with E-state index in [-0.39, 0.29) is 22.6 Å². The molecule has 0 radical (unpaired) electrons. The second-order valence-electron chi connectivity index (χ2n) is 7.01. The summed E-state index contributed by atoms with van der Waals surface area (Å²) in [6.07, 6.45) is 1.71. The van der Waals surface area contributed by atoms with Crippen molar-refractivity contribution in [2.75, 3.05) is 18.4 Å². The van der Waals surface area contributed by atoms with Gasteiger partial charge in [-0.2, -0.15) is 0 Å². The Hall–Kier alpha value is -2.84. The molecule has 1 aromatic heterocycles.